The van der Waals surface area contributed by atoms with E-state index in [1.807, 2.05) is 0 Å². The van der Waals surface area contributed by atoms with Gasteiger partial charge in [-0.3, -0.25) is 0 Å². The van der Waals surface area contributed by atoms with E-state index < -0.39 is 0 Å². The lowest BCUT2D eigenvalue weighted by atomic mass is 9.85. The largest absolute Gasteiger partial charge is 0.228 e. The molecule has 0 saturated carbocycles. The summed E-state index contributed by atoms with van der Waals surface area (Å²) in [5, 5.41) is 9.53. The standard InChI is InChI=1S/C50H32N2/c1-3-17-35(18-4-1)48-41-25-11-12-26-42(41)49(36-19-5-2-6-20-36)45-31-37(29-30-43(45)48)46-32-47(40-27-13-21-33-15-7-9-23-38(33)40)52-50(51-46)44-28-14-22-34-16-8-10-24-39(34)44/h1-32H. The second kappa shape index (κ2) is 12.5. The van der Waals surface area contributed by atoms with Crippen LogP contribution in [0.1, 0.15) is 0 Å². The maximum absolute atomic E-state index is 5.37. The van der Waals surface area contributed by atoms with Gasteiger partial charge in [0, 0.05) is 16.7 Å². The fraction of sp³-hybridized carbons (Fsp3) is 0. The summed E-state index contributed by atoms with van der Waals surface area (Å²) < 4.78 is 0. The summed E-state index contributed by atoms with van der Waals surface area (Å²) in [7, 11) is 0. The van der Waals surface area contributed by atoms with Crippen LogP contribution >= 0.6 is 0 Å². The molecule has 0 aliphatic carbocycles. The lowest BCUT2D eigenvalue weighted by Crippen LogP contribution is -1.97. The van der Waals surface area contributed by atoms with E-state index >= 15 is 0 Å². The van der Waals surface area contributed by atoms with E-state index in [2.05, 4.69) is 194 Å². The highest BCUT2D eigenvalue weighted by atomic mass is 14.9. The second-order valence-electron chi connectivity index (χ2n) is 13.3. The molecule has 0 radical (unpaired) electrons. The van der Waals surface area contributed by atoms with Crippen LogP contribution in [0.3, 0.4) is 0 Å². The Bertz CT molecular complexity index is 2840. The van der Waals surface area contributed by atoms with Crippen molar-refractivity contribution in [2.75, 3.05) is 0 Å². The number of hydrogen-bond donors (Lipinski definition) is 0. The van der Waals surface area contributed by atoms with E-state index in [4.69, 9.17) is 9.97 Å². The van der Waals surface area contributed by atoms with E-state index in [1.165, 1.54) is 60.0 Å². The number of rotatable bonds is 5. The minimum atomic E-state index is 0.712. The highest BCUT2D eigenvalue weighted by Gasteiger charge is 2.19. The first-order valence-corrected chi connectivity index (χ1v) is 17.8. The summed E-state index contributed by atoms with van der Waals surface area (Å²) >= 11 is 0. The van der Waals surface area contributed by atoms with Gasteiger partial charge in [0.25, 0.3) is 0 Å². The number of benzene rings is 9. The fourth-order valence-electron chi connectivity index (χ4n) is 7.89. The molecule has 242 valence electrons. The van der Waals surface area contributed by atoms with E-state index in [0.717, 1.165) is 33.5 Å². The molecule has 52 heavy (non-hydrogen) atoms. The lowest BCUT2D eigenvalue weighted by Gasteiger charge is -2.19. The van der Waals surface area contributed by atoms with E-state index in [1.54, 1.807) is 0 Å². The van der Waals surface area contributed by atoms with Crippen LogP contribution in [0, 0.1) is 0 Å². The Morgan fingerprint density at radius 2 is 0.731 bits per heavy atom. The molecule has 0 amide bonds. The number of hydrogen-bond acceptors (Lipinski definition) is 2. The smallest absolute Gasteiger partial charge is 0.161 e. The molecule has 10 aromatic rings. The Morgan fingerprint density at radius 3 is 1.37 bits per heavy atom. The molecule has 1 aromatic heterocycles. The Hall–Kier alpha value is -6.90. The van der Waals surface area contributed by atoms with Crippen LogP contribution in [0.5, 0.6) is 0 Å². The first kappa shape index (κ1) is 30.0. The van der Waals surface area contributed by atoms with Gasteiger partial charge in [-0.2, -0.15) is 0 Å². The number of aromatic nitrogens is 2. The molecular weight excluding hydrogens is 629 g/mol. The van der Waals surface area contributed by atoms with E-state index in [-0.39, 0.29) is 0 Å². The van der Waals surface area contributed by atoms with Gasteiger partial charge < -0.3 is 0 Å². The van der Waals surface area contributed by atoms with Gasteiger partial charge >= 0.3 is 0 Å². The molecular formula is C50H32N2. The zero-order valence-corrected chi connectivity index (χ0v) is 28.4. The molecule has 0 unspecified atom stereocenters. The minimum Gasteiger partial charge on any atom is -0.228 e. The first-order chi connectivity index (χ1) is 25.8. The molecule has 0 N–H and O–H groups in total. The van der Waals surface area contributed by atoms with Crippen LogP contribution in [-0.2, 0) is 0 Å². The third-order valence-electron chi connectivity index (χ3n) is 10.3. The summed E-state index contributed by atoms with van der Waals surface area (Å²) in [5.74, 6) is 0.712. The normalized spacial score (nSPS) is 11.5. The zero-order valence-electron chi connectivity index (χ0n) is 28.4. The van der Waals surface area contributed by atoms with Crippen molar-refractivity contribution in [3.8, 4) is 56.2 Å². The third-order valence-corrected chi connectivity index (χ3v) is 10.3. The second-order valence-corrected chi connectivity index (χ2v) is 13.3. The van der Waals surface area contributed by atoms with Crippen LogP contribution in [0.25, 0.3) is 99.2 Å². The summed E-state index contributed by atoms with van der Waals surface area (Å²) in [6.07, 6.45) is 0. The van der Waals surface area contributed by atoms with Crippen molar-refractivity contribution in [3.63, 3.8) is 0 Å². The van der Waals surface area contributed by atoms with Gasteiger partial charge in [0.1, 0.15) is 0 Å². The topological polar surface area (TPSA) is 25.8 Å². The summed E-state index contributed by atoms with van der Waals surface area (Å²) in [6.45, 7) is 0. The quantitative estimate of drug-likeness (QED) is 0.172. The summed E-state index contributed by atoms with van der Waals surface area (Å²) in [4.78, 5) is 10.7. The molecule has 2 nitrogen and oxygen atoms in total. The Kier molecular flexibility index (Phi) is 7.18. The lowest BCUT2D eigenvalue weighted by molar-refractivity contribution is 1.19. The van der Waals surface area contributed by atoms with Crippen molar-refractivity contribution in [2.45, 2.75) is 0 Å². The number of nitrogens with zero attached hydrogens (tertiary/aromatic N) is 2. The maximum Gasteiger partial charge on any atom is 0.161 e. The van der Waals surface area contributed by atoms with Crippen molar-refractivity contribution in [2.24, 2.45) is 0 Å². The molecule has 2 heteroatoms. The average molecular weight is 661 g/mol. The molecule has 0 spiro atoms. The van der Waals surface area contributed by atoms with Crippen LogP contribution in [0.15, 0.2) is 194 Å². The first-order valence-electron chi connectivity index (χ1n) is 17.8. The van der Waals surface area contributed by atoms with Gasteiger partial charge in [0.05, 0.1) is 11.4 Å². The summed E-state index contributed by atoms with van der Waals surface area (Å²) in [5.41, 5.74) is 9.80. The third kappa shape index (κ3) is 5.04. The molecule has 10 rings (SSSR count). The van der Waals surface area contributed by atoms with Gasteiger partial charge in [-0.25, -0.2) is 9.97 Å². The molecule has 0 aliphatic heterocycles. The van der Waals surface area contributed by atoms with Gasteiger partial charge in [-0.05, 0) is 77.5 Å². The molecule has 0 bridgehead atoms. The van der Waals surface area contributed by atoms with E-state index in [9.17, 15) is 0 Å². The average Bonchev–Trinajstić information content (AvgIpc) is 3.22. The van der Waals surface area contributed by atoms with Crippen LogP contribution in [0.2, 0.25) is 0 Å². The Labute approximate surface area is 302 Å². The van der Waals surface area contributed by atoms with Crippen molar-refractivity contribution in [1.82, 2.24) is 9.97 Å². The SMILES string of the molecule is c1ccc(-c2c3ccccc3c(-c3ccccc3)c3cc(-c4cc(-c5cccc6ccccc56)nc(-c5cccc6ccccc56)n4)ccc23)cc1. The van der Waals surface area contributed by atoms with Crippen molar-refractivity contribution in [1.29, 1.82) is 0 Å². The van der Waals surface area contributed by atoms with Gasteiger partial charge in [-0.1, -0.05) is 182 Å². The summed E-state index contributed by atoms with van der Waals surface area (Å²) in [6, 6.07) is 69.3. The molecule has 1 heterocycles. The number of fused-ring (bicyclic) bond motifs is 4. The minimum absolute atomic E-state index is 0.712. The van der Waals surface area contributed by atoms with Gasteiger partial charge in [0.2, 0.25) is 0 Å². The molecule has 0 atom stereocenters. The Morgan fingerprint density at radius 1 is 0.269 bits per heavy atom. The van der Waals surface area contributed by atoms with Crippen LogP contribution in [-0.4, -0.2) is 9.97 Å². The maximum atomic E-state index is 5.37. The van der Waals surface area contributed by atoms with Crippen molar-refractivity contribution >= 4 is 43.1 Å². The van der Waals surface area contributed by atoms with Crippen LogP contribution in [0.4, 0.5) is 0 Å². The predicted molar refractivity (Wildman–Crippen MR) is 219 cm³/mol. The van der Waals surface area contributed by atoms with Gasteiger partial charge in [0.15, 0.2) is 5.82 Å². The molecule has 0 saturated heterocycles. The molecule has 0 fully saturated rings. The fourth-order valence-corrected chi connectivity index (χ4v) is 7.89. The molecule has 9 aromatic carbocycles. The van der Waals surface area contributed by atoms with Crippen LogP contribution < -0.4 is 0 Å². The monoisotopic (exact) mass is 660 g/mol. The zero-order chi connectivity index (χ0) is 34.4. The van der Waals surface area contributed by atoms with E-state index in [0.29, 0.717) is 5.82 Å². The van der Waals surface area contributed by atoms with Crippen molar-refractivity contribution < 1.29 is 0 Å². The van der Waals surface area contributed by atoms with Gasteiger partial charge in [-0.15, -0.1) is 0 Å². The Balaban J connectivity index is 1.29. The van der Waals surface area contributed by atoms with Crippen molar-refractivity contribution in [3.05, 3.63) is 194 Å². The highest BCUT2D eigenvalue weighted by Crippen LogP contribution is 2.45. The molecule has 0 aliphatic rings. The highest BCUT2D eigenvalue weighted by molar-refractivity contribution is 6.22. The predicted octanol–water partition coefficient (Wildman–Crippen LogP) is 13.4.